The standard InChI is InChI=1S/C31H33N7O2/c1-20(11-31(2,3)39)23-9-27(30-24(12-32)15-35-38(30)17-23)22-6-7-28(33-14-22)36-18-25-10-26(19-36)37(25)16-21-5-8-29(40-4)34-13-21/h5-9,11,13-15,17,25-26,39H,10,16,18-19H2,1-4H3/b20-11+. The highest BCUT2D eigenvalue weighted by atomic mass is 16.5. The summed E-state index contributed by atoms with van der Waals surface area (Å²) in [6.45, 7) is 8.24. The normalized spacial score (nSPS) is 19.4. The molecule has 0 aliphatic carbocycles. The van der Waals surface area contributed by atoms with Crippen molar-refractivity contribution in [3.05, 3.63) is 77.9 Å². The van der Waals surface area contributed by atoms with E-state index in [1.54, 1.807) is 31.7 Å². The van der Waals surface area contributed by atoms with Gasteiger partial charge in [-0.2, -0.15) is 10.4 Å². The van der Waals surface area contributed by atoms with Crippen LogP contribution in [0, 0.1) is 11.3 Å². The number of piperazine rings is 1. The van der Waals surface area contributed by atoms with Gasteiger partial charge in [-0.25, -0.2) is 14.5 Å². The third-order valence-corrected chi connectivity index (χ3v) is 7.86. The number of aromatic nitrogens is 4. The SMILES string of the molecule is COc1ccc(CN2C3CC2CN(c2ccc(-c4cc(/C(C)=C/C(C)(C)O)cn5ncc(C#N)c45)cn2)C3)cn1. The van der Waals surface area contributed by atoms with Crippen LogP contribution in [-0.2, 0) is 6.54 Å². The minimum absolute atomic E-state index is 0.495. The van der Waals surface area contributed by atoms with E-state index in [4.69, 9.17) is 9.72 Å². The van der Waals surface area contributed by atoms with Crippen molar-refractivity contribution in [2.75, 3.05) is 25.1 Å². The topological polar surface area (TPSA) is 103 Å². The molecular weight excluding hydrogens is 502 g/mol. The summed E-state index contributed by atoms with van der Waals surface area (Å²) in [5.74, 6) is 1.60. The molecule has 2 unspecified atom stereocenters. The van der Waals surface area contributed by atoms with Crippen LogP contribution in [0.3, 0.4) is 0 Å². The van der Waals surface area contributed by atoms with Gasteiger partial charge in [0.15, 0.2) is 0 Å². The van der Waals surface area contributed by atoms with Crippen LogP contribution in [0.1, 0.15) is 43.9 Å². The first-order valence-electron chi connectivity index (χ1n) is 13.5. The molecule has 9 heteroatoms. The van der Waals surface area contributed by atoms with Crippen molar-refractivity contribution >= 4 is 16.9 Å². The number of fused-ring (bicyclic) bond motifs is 3. The number of rotatable bonds is 7. The maximum Gasteiger partial charge on any atom is 0.212 e. The highest BCUT2D eigenvalue weighted by Crippen LogP contribution is 2.36. The molecule has 1 N–H and O–H groups in total. The van der Waals surface area contributed by atoms with Crippen LogP contribution in [0.4, 0.5) is 5.82 Å². The first-order chi connectivity index (χ1) is 19.2. The Morgan fingerprint density at radius 3 is 2.58 bits per heavy atom. The number of piperidine rings is 1. The Bertz CT molecular complexity index is 1600. The number of allylic oxidation sites excluding steroid dienone is 1. The number of hydrogen-bond acceptors (Lipinski definition) is 8. The zero-order chi connectivity index (χ0) is 28.0. The fourth-order valence-corrected chi connectivity index (χ4v) is 5.95. The van der Waals surface area contributed by atoms with E-state index in [0.717, 1.165) is 53.2 Å². The summed E-state index contributed by atoms with van der Waals surface area (Å²) in [6, 6.07) is 13.5. The molecule has 4 aromatic heterocycles. The number of anilines is 1. The van der Waals surface area contributed by atoms with Gasteiger partial charge in [-0.15, -0.1) is 0 Å². The molecule has 0 radical (unpaired) electrons. The molecule has 204 valence electrons. The summed E-state index contributed by atoms with van der Waals surface area (Å²) in [7, 11) is 1.63. The number of nitrogens with zero attached hydrogens (tertiary/aromatic N) is 7. The van der Waals surface area contributed by atoms with E-state index in [-0.39, 0.29) is 0 Å². The summed E-state index contributed by atoms with van der Waals surface area (Å²) < 4.78 is 6.92. The van der Waals surface area contributed by atoms with Gasteiger partial charge in [0, 0.05) is 67.5 Å². The highest BCUT2D eigenvalue weighted by Gasteiger charge is 2.44. The van der Waals surface area contributed by atoms with Crippen LogP contribution in [0.2, 0.25) is 0 Å². The number of aliphatic hydroxyl groups is 1. The van der Waals surface area contributed by atoms with Crippen LogP contribution in [0.25, 0.3) is 22.2 Å². The third-order valence-electron chi connectivity index (χ3n) is 7.86. The summed E-state index contributed by atoms with van der Waals surface area (Å²) in [6.07, 6.45) is 10.3. The van der Waals surface area contributed by atoms with Crippen molar-refractivity contribution in [2.24, 2.45) is 0 Å². The van der Waals surface area contributed by atoms with Gasteiger partial charge in [0.05, 0.1) is 30.0 Å². The molecule has 9 nitrogen and oxygen atoms in total. The van der Waals surface area contributed by atoms with Gasteiger partial charge in [0.25, 0.3) is 0 Å². The van der Waals surface area contributed by atoms with Crippen LogP contribution in [0.15, 0.2) is 61.2 Å². The first kappa shape index (κ1) is 26.0. The molecule has 0 aromatic carbocycles. The average molecular weight is 536 g/mol. The highest BCUT2D eigenvalue weighted by molar-refractivity contribution is 5.86. The number of pyridine rings is 3. The van der Waals surface area contributed by atoms with Crippen LogP contribution < -0.4 is 9.64 Å². The van der Waals surface area contributed by atoms with Gasteiger partial charge in [-0.05, 0) is 62.1 Å². The van der Waals surface area contributed by atoms with Crippen molar-refractivity contribution < 1.29 is 9.84 Å². The molecule has 7 rings (SSSR count). The van der Waals surface area contributed by atoms with E-state index >= 15 is 0 Å². The largest absolute Gasteiger partial charge is 0.481 e. The van der Waals surface area contributed by atoms with Gasteiger partial charge in [0.2, 0.25) is 5.88 Å². The minimum Gasteiger partial charge on any atom is -0.481 e. The molecule has 7 heterocycles. The van der Waals surface area contributed by atoms with Crippen molar-refractivity contribution in [3.63, 3.8) is 0 Å². The molecule has 2 atom stereocenters. The van der Waals surface area contributed by atoms with Gasteiger partial charge < -0.3 is 14.7 Å². The lowest BCUT2D eigenvalue weighted by atomic mass is 9.87. The third kappa shape index (κ3) is 4.92. The first-order valence-corrected chi connectivity index (χ1v) is 13.5. The Hall–Kier alpha value is -4.26. The Kier molecular flexibility index (Phi) is 6.53. The van der Waals surface area contributed by atoms with Crippen LogP contribution in [-0.4, -0.2) is 67.5 Å². The van der Waals surface area contributed by atoms with Crippen molar-refractivity contribution in [1.29, 1.82) is 5.26 Å². The molecule has 0 saturated carbocycles. The lowest BCUT2D eigenvalue weighted by Gasteiger charge is -2.56. The fourth-order valence-electron chi connectivity index (χ4n) is 5.95. The van der Waals surface area contributed by atoms with Crippen LogP contribution >= 0.6 is 0 Å². The van der Waals surface area contributed by atoms with Crippen molar-refractivity contribution in [1.82, 2.24) is 24.5 Å². The van der Waals surface area contributed by atoms with Gasteiger partial charge in [-0.3, -0.25) is 4.90 Å². The zero-order valence-corrected chi connectivity index (χ0v) is 23.2. The summed E-state index contributed by atoms with van der Waals surface area (Å²) in [4.78, 5) is 14.1. The molecule has 2 bridgehead atoms. The Balaban J connectivity index is 1.23. The minimum atomic E-state index is -0.944. The van der Waals surface area contributed by atoms with E-state index in [9.17, 15) is 10.4 Å². The molecule has 4 aromatic rings. The number of ether oxygens (including phenoxy) is 1. The Labute approximate surface area is 234 Å². The van der Waals surface area contributed by atoms with Crippen molar-refractivity contribution in [3.8, 4) is 23.1 Å². The van der Waals surface area contributed by atoms with Crippen molar-refractivity contribution in [2.45, 2.75) is 51.4 Å². The van der Waals surface area contributed by atoms with E-state index in [0.29, 0.717) is 23.5 Å². The van der Waals surface area contributed by atoms with Crippen LogP contribution in [0.5, 0.6) is 5.88 Å². The molecule has 3 aliphatic rings. The summed E-state index contributed by atoms with van der Waals surface area (Å²) in [5, 5.41) is 24.5. The number of nitriles is 1. The smallest absolute Gasteiger partial charge is 0.212 e. The quantitative estimate of drug-likeness (QED) is 0.374. The second-order valence-corrected chi connectivity index (χ2v) is 11.3. The van der Waals surface area contributed by atoms with Gasteiger partial charge in [0.1, 0.15) is 11.9 Å². The maximum absolute atomic E-state index is 10.3. The molecule has 0 spiro atoms. The predicted octanol–water partition coefficient (Wildman–Crippen LogP) is 4.31. The lowest BCUT2D eigenvalue weighted by Crippen LogP contribution is -2.68. The second kappa shape index (κ2) is 10.0. The summed E-state index contributed by atoms with van der Waals surface area (Å²) >= 11 is 0. The monoisotopic (exact) mass is 535 g/mol. The summed E-state index contributed by atoms with van der Waals surface area (Å²) in [5.41, 5.74) is 5.17. The number of methoxy groups -OCH3 is 1. The van der Waals surface area contributed by atoms with E-state index < -0.39 is 5.60 Å². The van der Waals surface area contributed by atoms with E-state index in [1.807, 2.05) is 43.7 Å². The maximum atomic E-state index is 10.3. The molecule has 3 aliphatic heterocycles. The predicted molar refractivity (Wildman–Crippen MR) is 154 cm³/mol. The average Bonchev–Trinajstić information content (AvgIpc) is 3.38. The molecule has 40 heavy (non-hydrogen) atoms. The molecular formula is C31H33N7O2. The number of hydrogen-bond donors (Lipinski definition) is 1. The lowest BCUT2D eigenvalue weighted by molar-refractivity contribution is -0.00876. The molecule has 3 fully saturated rings. The van der Waals surface area contributed by atoms with E-state index in [1.165, 1.54) is 12.0 Å². The molecule has 3 saturated heterocycles. The van der Waals surface area contributed by atoms with Gasteiger partial charge in [-0.1, -0.05) is 12.1 Å². The fraction of sp³-hybridized carbons (Fsp3) is 0.355. The molecule has 0 amide bonds. The van der Waals surface area contributed by atoms with Gasteiger partial charge >= 0.3 is 0 Å². The second-order valence-electron chi connectivity index (χ2n) is 11.3. The Morgan fingerprint density at radius 1 is 1.15 bits per heavy atom. The van der Waals surface area contributed by atoms with E-state index in [2.05, 4.69) is 44.2 Å². The zero-order valence-electron chi connectivity index (χ0n) is 23.2. The Morgan fingerprint density at radius 2 is 1.95 bits per heavy atom.